The molecule has 0 atom stereocenters. The van der Waals surface area contributed by atoms with Crippen molar-refractivity contribution in [3.63, 3.8) is 0 Å². The van der Waals surface area contributed by atoms with Crippen LogP contribution >= 0.6 is 0 Å². The van der Waals surface area contributed by atoms with Crippen molar-refractivity contribution in [1.29, 1.82) is 0 Å². The predicted octanol–water partition coefficient (Wildman–Crippen LogP) is 3.84. The highest BCUT2D eigenvalue weighted by Gasteiger charge is 2.33. The van der Waals surface area contributed by atoms with Gasteiger partial charge in [0.15, 0.2) is 0 Å². The second-order valence-corrected chi connectivity index (χ2v) is 4.76. The number of nitrogens with zero attached hydrogens (tertiary/aromatic N) is 1. The van der Waals surface area contributed by atoms with Gasteiger partial charge in [0, 0.05) is 18.1 Å². The second kappa shape index (κ2) is 4.81. The molecule has 2 aromatic rings. The molecule has 0 saturated carbocycles. The third kappa shape index (κ3) is 2.42. The number of fused-ring (bicyclic) bond motifs is 1. The van der Waals surface area contributed by atoms with Gasteiger partial charge in [-0.15, -0.1) is 0 Å². The van der Waals surface area contributed by atoms with Crippen LogP contribution in [0.25, 0.3) is 10.9 Å². The van der Waals surface area contributed by atoms with Gasteiger partial charge in [-0.1, -0.05) is 26.0 Å². The van der Waals surface area contributed by atoms with E-state index >= 15 is 0 Å². The molecule has 1 aromatic heterocycles. The van der Waals surface area contributed by atoms with Crippen LogP contribution in [0.15, 0.2) is 24.4 Å². The average Bonchev–Trinajstić information content (AvgIpc) is 2.34. The molecule has 1 aromatic carbocycles. The molecule has 2 nitrogen and oxygen atoms in total. The summed E-state index contributed by atoms with van der Waals surface area (Å²) in [4.78, 5) is 3.96. The first-order valence-corrected chi connectivity index (χ1v) is 6.04. The van der Waals surface area contributed by atoms with E-state index in [0.717, 1.165) is 17.2 Å². The molecule has 0 radical (unpaired) electrons. The fourth-order valence-corrected chi connectivity index (χ4v) is 2.36. The molecule has 0 aliphatic heterocycles. The molecule has 102 valence electrons. The monoisotopic (exact) mass is 268 g/mol. The Kier molecular flexibility index (Phi) is 3.49. The van der Waals surface area contributed by atoms with E-state index in [1.165, 1.54) is 12.3 Å². The number of hydrogen-bond donors (Lipinski definition) is 1. The molecule has 2 N–H and O–H groups in total. The van der Waals surface area contributed by atoms with E-state index < -0.39 is 11.7 Å². The molecule has 0 aliphatic carbocycles. The molecule has 0 fully saturated rings. The molecule has 5 heteroatoms. The molecule has 19 heavy (non-hydrogen) atoms. The lowest BCUT2D eigenvalue weighted by Gasteiger charge is -2.17. The number of rotatable bonds is 2. The number of aromatic nitrogens is 1. The molecule has 0 saturated heterocycles. The summed E-state index contributed by atoms with van der Waals surface area (Å²) in [6.45, 7) is 4.15. The zero-order valence-corrected chi connectivity index (χ0v) is 10.8. The van der Waals surface area contributed by atoms with E-state index in [-0.39, 0.29) is 18.0 Å². The van der Waals surface area contributed by atoms with Crippen molar-refractivity contribution in [3.05, 3.63) is 41.1 Å². The first kappa shape index (κ1) is 13.8. The number of pyridine rings is 1. The van der Waals surface area contributed by atoms with Crippen LogP contribution in [0, 0.1) is 0 Å². The largest absolute Gasteiger partial charge is 0.418 e. The summed E-state index contributed by atoms with van der Waals surface area (Å²) in [7, 11) is 0. The maximum absolute atomic E-state index is 13.0. The van der Waals surface area contributed by atoms with Crippen molar-refractivity contribution < 1.29 is 13.2 Å². The van der Waals surface area contributed by atoms with Crippen LogP contribution in [0.3, 0.4) is 0 Å². The van der Waals surface area contributed by atoms with Gasteiger partial charge in [-0.25, -0.2) is 0 Å². The van der Waals surface area contributed by atoms with Crippen LogP contribution in [0.1, 0.15) is 36.5 Å². The van der Waals surface area contributed by atoms with E-state index in [9.17, 15) is 13.2 Å². The minimum atomic E-state index is -4.40. The molecule has 2 rings (SSSR count). The zero-order chi connectivity index (χ0) is 14.2. The fraction of sp³-hybridized carbons (Fsp3) is 0.357. The lowest BCUT2D eigenvalue weighted by atomic mass is 9.93. The van der Waals surface area contributed by atoms with Gasteiger partial charge in [0.2, 0.25) is 0 Å². The molecular weight excluding hydrogens is 253 g/mol. The van der Waals surface area contributed by atoms with E-state index in [4.69, 9.17) is 5.73 Å². The Hall–Kier alpha value is -1.62. The summed E-state index contributed by atoms with van der Waals surface area (Å²) in [6.07, 6.45) is -2.95. The molecule has 0 spiro atoms. The van der Waals surface area contributed by atoms with Crippen molar-refractivity contribution >= 4 is 10.9 Å². The first-order valence-electron chi connectivity index (χ1n) is 6.04. The normalized spacial score (nSPS) is 12.4. The van der Waals surface area contributed by atoms with Crippen molar-refractivity contribution in [1.82, 2.24) is 4.98 Å². The molecule has 0 aliphatic rings. The number of para-hydroxylation sites is 1. The SMILES string of the molecule is CC(C)c1c(CN)cnc2c(C(F)(F)F)cccc12. The van der Waals surface area contributed by atoms with Gasteiger partial charge in [-0.3, -0.25) is 4.98 Å². The van der Waals surface area contributed by atoms with Crippen LogP contribution < -0.4 is 5.73 Å². The number of benzene rings is 1. The first-order chi connectivity index (χ1) is 8.86. The maximum Gasteiger partial charge on any atom is 0.418 e. The number of hydrogen-bond acceptors (Lipinski definition) is 2. The van der Waals surface area contributed by atoms with E-state index in [2.05, 4.69) is 4.98 Å². The van der Waals surface area contributed by atoms with Gasteiger partial charge >= 0.3 is 6.18 Å². The summed E-state index contributed by atoms with van der Waals surface area (Å²) in [5, 5.41) is 0.535. The maximum atomic E-state index is 13.0. The average molecular weight is 268 g/mol. The standard InChI is InChI=1S/C14H15F3N2/c1-8(2)12-9(6-18)7-19-13-10(12)4-3-5-11(13)14(15,16)17/h3-5,7-8H,6,18H2,1-2H3. The Morgan fingerprint density at radius 2 is 1.95 bits per heavy atom. The lowest BCUT2D eigenvalue weighted by molar-refractivity contribution is -0.136. The Morgan fingerprint density at radius 1 is 1.26 bits per heavy atom. The van der Waals surface area contributed by atoms with Crippen LogP contribution in [0.4, 0.5) is 13.2 Å². The third-order valence-corrected chi connectivity index (χ3v) is 3.12. The zero-order valence-electron chi connectivity index (χ0n) is 10.8. The van der Waals surface area contributed by atoms with Gasteiger partial charge in [-0.2, -0.15) is 13.2 Å². The summed E-state index contributed by atoms with van der Waals surface area (Å²) in [5.41, 5.74) is 6.58. The summed E-state index contributed by atoms with van der Waals surface area (Å²) in [6, 6.07) is 4.15. The summed E-state index contributed by atoms with van der Waals surface area (Å²) < 4.78 is 38.9. The van der Waals surface area contributed by atoms with E-state index in [0.29, 0.717) is 5.39 Å². The summed E-state index contributed by atoms with van der Waals surface area (Å²) >= 11 is 0. The Morgan fingerprint density at radius 3 is 2.47 bits per heavy atom. The van der Waals surface area contributed by atoms with Gasteiger partial charge in [0.1, 0.15) is 0 Å². The van der Waals surface area contributed by atoms with Crippen molar-refractivity contribution in [2.45, 2.75) is 32.5 Å². The Bertz CT molecular complexity index is 603. The van der Waals surface area contributed by atoms with Gasteiger partial charge in [0.25, 0.3) is 0 Å². The van der Waals surface area contributed by atoms with Crippen molar-refractivity contribution in [2.75, 3.05) is 0 Å². The Balaban J connectivity index is 2.85. The summed E-state index contributed by atoms with van der Waals surface area (Å²) in [5.74, 6) is 0.0903. The van der Waals surface area contributed by atoms with Crippen LogP contribution in [0.5, 0.6) is 0 Å². The van der Waals surface area contributed by atoms with Crippen LogP contribution in [-0.4, -0.2) is 4.98 Å². The molecule has 0 unspecified atom stereocenters. The minimum absolute atomic E-state index is 0.00380. The van der Waals surface area contributed by atoms with Crippen molar-refractivity contribution in [2.24, 2.45) is 5.73 Å². The third-order valence-electron chi connectivity index (χ3n) is 3.12. The molecule has 0 amide bonds. The van der Waals surface area contributed by atoms with Crippen LogP contribution in [0.2, 0.25) is 0 Å². The highest BCUT2D eigenvalue weighted by Crippen LogP contribution is 2.36. The van der Waals surface area contributed by atoms with Crippen LogP contribution in [-0.2, 0) is 12.7 Å². The van der Waals surface area contributed by atoms with E-state index in [1.807, 2.05) is 13.8 Å². The van der Waals surface area contributed by atoms with Gasteiger partial charge < -0.3 is 5.73 Å². The van der Waals surface area contributed by atoms with Gasteiger partial charge in [-0.05, 0) is 23.1 Å². The molecule has 1 heterocycles. The smallest absolute Gasteiger partial charge is 0.326 e. The minimum Gasteiger partial charge on any atom is -0.326 e. The number of nitrogens with two attached hydrogens (primary N) is 1. The fourth-order valence-electron chi connectivity index (χ4n) is 2.36. The number of alkyl halides is 3. The highest BCUT2D eigenvalue weighted by molar-refractivity contribution is 5.86. The highest BCUT2D eigenvalue weighted by atomic mass is 19.4. The second-order valence-electron chi connectivity index (χ2n) is 4.76. The predicted molar refractivity (Wildman–Crippen MR) is 68.7 cm³/mol. The van der Waals surface area contributed by atoms with E-state index in [1.54, 1.807) is 6.07 Å². The van der Waals surface area contributed by atoms with Crippen molar-refractivity contribution in [3.8, 4) is 0 Å². The Labute approximate surface area is 109 Å². The lowest BCUT2D eigenvalue weighted by Crippen LogP contribution is -2.10. The molecular formula is C14H15F3N2. The molecule has 0 bridgehead atoms. The quantitative estimate of drug-likeness (QED) is 0.898. The topological polar surface area (TPSA) is 38.9 Å². The van der Waals surface area contributed by atoms with Gasteiger partial charge in [0.05, 0.1) is 11.1 Å². The number of halogens is 3.